The molecule has 1 aliphatic carbocycles. The largest absolute Gasteiger partial charge is 0.487 e. The Morgan fingerprint density at radius 2 is 1.92 bits per heavy atom. The number of carboxylic acids is 1. The Kier molecular flexibility index (Phi) is 6.35. The maximum Gasteiger partial charge on any atom is 0.303 e. The van der Waals surface area contributed by atoms with Gasteiger partial charge in [0.2, 0.25) is 0 Å². The van der Waals surface area contributed by atoms with Crippen molar-refractivity contribution in [1.29, 1.82) is 0 Å². The average molecular weight is 531 g/mol. The molecule has 8 heteroatoms. The number of carbonyl (C=O) groups is 1. The Hall–Kier alpha value is -3.78. The Bertz CT molecular complexity index is 1590. The molecule has 38 heavy (non-hydrogen) atoms. The molecule has 6 rings (SSSR count). The first-order chi connectivity index (χ1) is 18.4. The summed E-state index contributed by atoms with van der Waals surface area (Å²) in [6, 6.07) is 15.7. The fourth-order valence-corrected chi connectivity index (χ4v) is 6.52. The van der Waals surface area contributed by atoms with Crippen LogP contribution in [0.5, 0.6) is 5.75 Å². The second-order valence-corrected chi connectivity index (χ2v) is 11.0. The zero-order valence-corrected chi connectivity index (χ0v) is 21.2. The molecule has 4 aromatic rings. The lowest BCUT2D eigenvalue weighted by atomic mass is 10.0. The molecular formula is C30H24F2N2O3S. The van der Waals surface area contributed by atoms with Crippen LogP contribution in [0, 0.1) is 17.0 Å². The van der Waals surface area contributed by atoms with Crippen LogP contribution in [-0.2, 0) is 11.4 Å². The van der Waals surface area contributed by atoms with E-state index in [4.69, 9.17) is 4.74 Å². The molecule has 2 aromatic heterocycles. The topological polar surface area (TPSA) is 72.3 Å². The summed E-state index contributed by atoms with van der Waals surface area (Å²) in [5, 5.41) is 9.86. The molecule has 0 saturated heterocycles. The van der Waals surface area contributed by atoms with Crippen molar-refractivity contribution in [2.24, 2.45) is 5.41 Å². The highest BCUT2D eigenvalue weighted by Crippen LogP contribution is 2.55. The molecule has 0 bridgehead atoms. The van der Waals surface area contributed by atoms with Gasteiger partial charge in [-0.15, -0.1) is 11.8 Å². The first-order valence-corrected chi connectivity index (χ1v) is 13.4. The van der Waals surface area contributed by atoms with Gasteiger partial charge in [0.15, 0.2) is 11.6 Å². The van der Waals surface area contributed by atoms with E-state index >= 15 is 0 Å². The van der Waals surface area contributed by atoms with E-state index in [-0.39, 0.29) is 17.1 Å². The molecule has 2 aromatic carbocycles. The number of ether oxygens (including phenoxy) is 1. The number of aliphatic carboxylic acids is 1. The highest BCUT2D eigenvalue weighted by Gasteiger charge is 2.45. The van der Waals surface area contributed by atoms with Gasteiger partial charge in [-0.05, 0) is 65.8 Å². The molecular weight excluding hydrogens is 506 g/mol. The number of thioether (sulfide) groups is 1. The van der Waals surface area contributed by atoms with E-state index in [0.29, 0.717) is 23.2 Å². The van der Waals surface area contributed by atoms with Gasteiger partial charge in [-0.3, -0.25) is 9.78 Å². The SMILES string of the molecule is O=C(O)CC1(CSC2c3cc(/C=C/c4ccc5cc(F)c(F)cc5n4)ccc3OCc3ncccc32)CC1. The van der Waals surface area contributed by atoms with E-state index in [0.717, 1.165) is 58.9 Å². The van der Waals surface area contributed by atoms with Crippen molar-refractivity contribution in [3.05, 3.63) is 101 Å². The van der Waals surface area contributed by atoms with Crippen molar-refractivity contribution >= 4 is 40.8 Å². The molecule has 2 aliphatic rings. The maximum atomic E-state index is 13.7. The summed E-state index contributed by atoms with van der Waals surface area (Å²) in [4.78, 5) is 20.4. The van der Waals surface area contributed by atoms with Crippen molar-refractivity contribution in [3.63, 3.8) is 0 Å². The Labute approximate surface area is 222 Å². The van der Waals surface area contributed by atoms with Crippen LogP contribution in [0.15, 0.2) is 60.8 Å². The van der Waals surface area contributed by atoms with Crippen LogP contribution < -0.4 is 4.74 Å². The third-order valence-electron chi connectivity index (χ3n) is 7.13. The number of hydrogen-bond acceptors (Lipinski definition) is 5. The number of halogens is 2. The van der Waals surface area contributed by atoms with E-state index in [1.165, 1.54) is 0 Å². The smallest absolute Gasteiger partial charge is 0.303 e. The summed E-state index contributed by atoms with van der Waals surface area (Å²) in [6.07, 6.45) is 7.58. The van der Waals surface area contributed by atoms with Crippen LogP contribution >= 0.6 is 11.8 Å². The minimum atomic E-state index is -0.925. The standard InChI is InChI=1S/C30H24F2N2O3S/c31-23-13-19-5-7-20(34-25(19)14-24(23)32)6-3-18-4-8-27-22(12-18)29(21-2-1-11-33-26(21)16-37-27)38-17-30(9-10-30)15-28(35)36/h1-8,11-14,29H,9-10,15-17H2,(H,35,36)/b6-3+. The second-order valence-electron chi connectivity index (χ2n) is 9.92. The quantitative estimate of drug-likeness (QED) is 0.276. The average Bonchev–Trinajstić information content (AvgIpc) is 3.68. The summed E-state index contributed by atoms with van der Waals surface area (Å²) in [6.45, 7) is 0.369. The monoisotopic (exact) mass is 530 g/mol. The zero-order chi connectivity index (χ0) is 26.3. The van der Waals surface area contributed by atoms with Crippen molar-refractivity contribution < 1.29 is 23.4 Å². The number of nitrogens with zero attached hydrogens (tertiary/aromatic N) is 2. The minimum absolute atomic E-state index is 0.0486. The van der Waals surface area contributed by atoms with Gasteiger partial charge in [0, 0.05) is 29.0 Å². The molecule has 0 radical (unpaired) electrons. The first kappa shape index (κ1) is 24.6. The molecule has 0 amide bonds. The summed E-state index contributed by atoms with van der Waals surface area (Å²) in [7, 11) is 0. The van der Waals surface area contributed by atoms with E-state index in [9.17, 15) is 18.7 Å². The predicted molar refractivity (Wildman–Crippen MR) is 144 cm³/mol. The van der Waals surface area contributed by atoms with Crippen molar-refractivity contribution in [3.8, 4) is 5.75 Å². The molecule has 3 heterocycles. The number of fused-ring (bicyclic) bond motifs is 3. The minimum Gasteiger partial charge on any atom is -0.487 e. The van der Waals surface area contributed by atoms with Crippen LogP contribution in [0.4, 0.5) is 8.78 Å². The molecule has 5 nitrogen and oxygen atoms in total. The van der Waals surface area contributed by atoms with Crippen LogP contribution in [0.1, 0.15) is 52.6 Å². The Morgan fingerprint density at radius 3 is 2.74 bits per heavy atom. The summed E-state index contributed by atoms with van der Waals surface area (Å²) in [5.74, 6) is -1.05. The summed E-state index contributed by atoms with van der Waals surface area (Å²) < 4.78 is 33.4. The predicted octanol–water partition coefficient (Wildman–Crippen LogP) is 7.05. The molecule has 1 unspecified atom stereocenters. The fourth-order valence-electron chi connectivity index (χ4n) is 4.85. The number of benzene rings is 2. The molecule has 192 valence electrons. The van der Waals surface area contributed by atoms with Gasteiger partial charge in [0.25, 0.3) is 0 Å². The molecule has 1 N–H and O–H groups in total. The van der Waals surface area contributed by atoms with Crippen molar-refractivity contribution in [2.75, 3.05) is 5.75 Å². The van der Waals surface area contributed by atoms with Gasteiger partial charge >= 0.3 is 5.97 Å². The Morgan fingerprint density at radius 1 is 1.08 bits per heavy atom. The number of rotatable bonds is 7. The van der Waals surface area contributed by atoms with Crippen molar-refractivity contribution in [1.82, 2.24) is 9.97 Å². The summed E-state index contributed by atoms with van der Waals surface area (Å²) >= 11 is 1.75. The third-order valence-corrected chi connectivity index (χ3v) is 8.75. The molecule has 1 fully saturated rings. The molecule has 1 atom stereocenters. The lowest BCUT2D eigenvalue weighted by Crippen LogP contribution is -2.13. The van der Waals surface area contributed by atoms with Gasteiger partial charge in [0.05, 0.1) is 28.6 Å². The molecule has 1 aliphatic heterocycles. The summed E-state index contributed by atoms with van der Waals surface area (Å²) in [5.41, 5.74) is 4.77. The number of pyridine rings is 2. The van der Waals surface area contributed by atoms with Gasteiger partial charge < -0.3 is 9.84 Å². The molecule has 0 spiro atoms. The Balaban J connectivity index is 1.31. The normalized spacial score (nSPS) is 17.5. The lowest BCUT2D eigenvalue weighted by molar-refractivity contribution is -0.138. The zero-order valence-electron chi connectivity index (χ0n) is 20.4. The maximum absolute atomic E-state index is 13.7. The lowest BCUT2D eigenvalue weighted by Gasteiger charge is -2.21. The van der Waals surface area contributed by atoms with E-state index < -0.39 is 17.6 Å². The van der Waals surface area contributed by atoms with E-state index in [1.54, 1.807) is 30.1 Å². The number of carboxylic acid groups (broad SMARTS) is 1. The van der Waals surface area contributed by atoms with Crippen molar-refractivity contribution in [2.45, 2.75) is 31.1 Å². The first-order valence-electron chi connectivity index (χ1n) is 12.4. The fraction of sp³-hybridized carbons (Fsp3) is 0.233. The van der Waals surface area contributed by atoms with Crippen LogP contribution in [0.2, 0.25) is 0 Å². The third kappa shape index (κ3) is 5.00. The van der Waals surface area contributed by atoms with Crippen LogP contribution in [0.25, 0.3) is 23.1 Å². The van der Waals surface area contributed by atoms with Crippen LogP contribution in [0.3, 0.4) is 0 Å². The van der Waals surface area contributed by atoms with E-state index in [1.807, 2.05) is 30.4 Å². The number of hydrogen-bond donors (Lipinski definition) is 1. The highest BCUT2D eigenvalue weighted by molar-refractivity contribution is 7.99. The van der Waals surface area contributed by atoms with Crippen LogP contribution in [-0.4, -0.2) is 26.8 Å². The second kappa shape index (κ2) is 9.83. The number of aromatic nitrogens is 2. The van der Waals surface area contributed by atoms with Gasteiger partial charge in [-0.25, -0.2) is 13.8 Å². The van der Waals surface area contributed by atoms with Gasteiger partial charge in [0.1, 0.15) is 12.4 Å². The highest BCUT2D eigenvalue weighted by atomic mass is 32.2. The van der Waals surface area contributed by atoms with Gasteiger partial charge in [-0.2, -0.15) is 0 Å². The molecule has 1 saturated carbocycles. The van der Waals surface area contributed by atoms with E-state index in [2.05, 4.69) is 22.1 Å². The van der Waals surface area contributed by atoms with Gasteiger partial charge in [-0.1, -0.05) is 24.3 Å².